The molecule has 0 amide bonds. The van der Waals surface area contributed by atoms with Crippen LogP contribution in [0, 0.1) is 0 Å². The van der Waals surface area contributed by atoms with E-state index in [-0.39, 0.29) is 11.7 Å². The zero-order valence-electron chi connectivity index (χ0n) is 24.9. The summed E-state index contributed by atoms with van der Waals surface area (Å²) in [7, 11) is 0. The lowest BCUT2D eigenvalue weighted by Gasteiger charge is -2.25. The van der Waals surface area contributed by atoms with Crippen molar-refractivity contribution in [3.05, 3.63) is 132 Å². The smallest absolute Gasteiger partial charge is 0.338 e. The molecule has 1 aliphatic rings. The average molecular weight is 626 g/mol. The Hall–Kier alpha value is -4.40. The van der Waals surface area contributed by atoms with Gasteiger partial charge in [-0.05, 0) is 75.2 Å². The van der Waals surface area contributed by atoms with Gasteiger partial charge in [0.15, 0.2) is 4.80 Å². The standard InChI is InChI=1S/C35H32ClN3O4S/c1-5-42-27-16-12-24(13-17-27)32-31(34(41)43-21(2)3)22(4)37-35-39(32)33(40)30(44-35)18-25-20-38(29-9-7-6-8-28(25)29)19-23-10-14-26(36)15-11-23/h6-18,20-21,32H,5,19H2,1-4H3/b30-18+/t32-/m0/s1. The van der Waals surface area contributed by atoms with E-state index in [1.807, 2.05) is 73.7 Å². The fourth-order valence-corrected chi connectivity index (χ4v) is 6.70. The molecule has 0 N–H and O–H groups in total. The number of hydrogen-bond acceptors (Lipinski definition) is 6. The number of thiazole rings is 1. The van der Waals surface area contributed by atoms with Gasteiger partial charge in [-0.2, -0.15) is 0 Å². The number of esters is 1. The molecular formula is C35H32ClN3O4S. The van der Waals surface area contributed by atoms with Crippen LogP contribution in [0.15, 0.2) is 100 Å². The van der Waals surface area contributed by atoms with Gasteiger partial charge in [-0.1, -0.05) is 65.4 Å². The van der Waals surface area contributed by atoms with Gasteiger partial charge in [0.2, 0.25) is 0 Å². The molecule has 0 fully saturated rings. The van der Waals surface area contributed by atoms with E-state index in [2.05, 4.69) is 22.9 Å². The van der Waals surface area contributed by atoms with Crippen LogP contribution in [0.1, 0.15) is 50.4 Å². The molecular weight excluding hydrogens is 594 g/mol. The molecule has 0 radical (unpaired) electrons. The first-order valence-electron chi connectivity index (χ1n) is 14.5. The number of hydrogen-bond donors (Lipinski definition) is 0. The van der Waals surface area contributed by atoms with Crippen LogP contribution in [0.5, 0.6) is 5.75 Å². The number of halogens is 1. The number of rotatable bonds is 8. The van der Waals surface area contributed by atoms with E-state index in [0.717, 1.165) is 27.6 Å². The summed E-state index contributed by atoms with van der Waals surface area (Å²) >= 11 is 7.42. The molecule has 44 heavy (non-hydrogen) atoms. The van der Waals surface area contributed by atoms with Crippen molar-refractivity contribution < 1.29 is 14.3 Å². The molecule has 224 valence electrons. The Morgan fingerprint density at radius 3 is 2.50 bits per heavy atom. The van der Waals surface area contributed by atoms with E-state index in [4.69, 9.17) is 26.1 Å². The normalized spacial score (nSPS) is 15.0. The Balaban J connectivity index is 1.49. The second kappa shape index (κ2) is 12.3. The molecule has 1 atom stereocenters. The van der Waals surface area contributed by atoms with Crippen molar-refractivity contribution in [2.24, 2.45) is 4.99 Å². The van der Waals surface area contributed by atoms with Crippen LogP contribution in [-0.4, -0.2) is 27.8 Å². The fourth-order valence-electron chi connectivity index (χ4n) is 5.54. The molecule has 1 aliphatic heterocycles. The molecule has 3 aromatic carbocycles. The molecule has 0 bridgehead atoms. The summed E-state index contributed by atoms with van der Waals surface area (Å²) in [5.74, 6) is 0.227. The first-order chi connectivity index (χ1) is 21.2. The Labute approximate surface area is 264 Å². The molecule has 0 saturated carbocycles. The van der Waals surface area contributed by atoms with Crippen LogP contribution < -0.4 is 19.6 Å². The van der Waals surface area contributed by atoms with Gasteiger partial charge in [0.05, 0.1) is 34.6 Å². The Bertz CT molecular complexity index is 2070. The van der Waals surface area contributed by atoms with Crippen molar-refractivity contribution in [1.29, 1.82) is 0 Å². The molecule has 2 aromatic heterocycles. The Kier molecular flexibility index (Phi) is 8.29. The quantitative estimate of drug-likeness (QED) is 0.191. The SMILES string of the molecule is CCOc1ccc([C@H]2C(C(=O)OC(C)C)=C(C)N=c3s/c(=C/c4cn(Cc5ccc(Cl)cc5)c5ccccc45)c(=O)n32)cc1. The topological polar surface area (TPSA) is 74.8 Å². The van der Waals surface area contributed by atoms with Gasteiger partial charge >= 0.3 is 5.97 Å². The Morgan fingerprint density at radius 1 is 1.07 bits per heavy atom. The van der Waals surface area contributed by atoms with Crippen molar-refractivity contribution in [3.8, 4) is 5.75 Å². The number of fused-ring (bicyclic) bond motifs is 2. The summed E-state index contributed by atoms with van der Waals surface area (Å²) in [6.45, 7) is 8.52. The number of carbonyl (C=O) groups excluding carboxylic acids is 1. The molecule has 0 aliphatic carbocycles. The highest BCUT2D eigenvalue weighted by Gasteiger charge is 2.33. The summed E-state index contributed by atoms with van der Waals surface area (Å²) in [5, 5.41) is 1.73. The van der Waals surface area contributed by atoms with Gasteiger partial charge in [-0.15, -0.1) is 0 Å². The van der Waals surface area contributed by atoms with Crippen LogP contribution in [0.3, 0.4) is 0 Å². The van der Waals surface area contributed by atoms with Gasteiger partial charge in [-0.3, -0.25) is 9.36 Å². The molecule has 0 spiro atoms. The van der Waals surface area contributed by atoms with Crippen molar-refractivity contribution in [2.75, 3.05) is 6.61 Å². The van der Waals surface area contributed by atoms with E-state index >= 15 is 0 Å². The molecule has 6 rings (SSSR count). The number of para-hydroxylation sites is 1. The third-order valence-corrected chi connectivity index (χ3v) is 8.70. The summed E-state index contributed by atoms with van der Waals surface area (Å²) in [6, 6.07) is 22.7. The number of nitrogens with zero attached hydrogens (tertiary/aromatic N) is 3. The third-order valence-electron chi connectivity index (χ3n) is 7.46. The number of aromatic nitrogens is 2. The Morgan fingerprint density at radius 2 is 1.80 bits per heavy atom. The predicted octanol–water partition coefficient (Wildman–Crippen LogP) is 6.24. The zero-order valence-corrected chi connectivity index (χ0v) is 26.5. The van der Waals surface area contributed by atoms with E-state index in [0.29, 0.717) is 44.5 Å². The lowest BCUT2D eigenvalue weighted by molar-refractivity contribution is -0.143. The highest BCUT2D eigenvalue weighted by atomic mass is 35.5. The maximum Gasteiger partial charge on any atom is 0.338 e. The van der Waals surface area contributed by atoms with Crippen molar-refractivity contribution in [2.45, 2.75) is 46.4 Å². The summed E-state index contributed by atoms with van der Waals surface area (Å²) < 4.78 is 15.6. The molecule has 0 saturated heterocycles. The van der Waals surface area contributed by atoms with Crippen LogP contribution in [0.25, 0.3) is 17.0 Å². The van der Waals surface area contributed by atoms with Crippen LogP contribution in [0.4, 0.5) is 0 Å². The van der Waals surface area contributed by atoms with Crippen LogP contribution in [0.2, 0.25) is 5.02 Å². The maximum absolute atomic E-state index is 14.2. The van der Waals surface area contributed by atoms with E-state index in [9.17, 15) is 9.59 Å². The highest BCUT2D eigenvalue weighted by Crippen LogP contribution is 2.32. The second-order valence-electron chi connectivity index (χ2n) is 10.9. The lowest BCUT2D eigenvalue weighted by Crippen LogP contribution is -2.40. The minimum absolute atomic E-state index is 0.218. The van der Waals surface area contributed by atoms with E-state index in [1.54, 1.807) is 25.3 Å². The maximum atomic E-state index is 14.2. The number of benzene rings is 3. The summed E-state index contributed by atoms with van der Waals surface area (Å²) in [6.07, 6.45) is 3.67. The summed E-state index contributed by atoms with van der Waals surface area (Å²) in [5.41, 5.74) is 4.53. The average Bonchev–Trinajstić information content (AvgIpc) is 3.50. The highest BCUT2D eigenvalue weighted by molar-refractivity contribution is 7.07. The van der Waals surface area contributed by atoms with Gasteiger partial charge in [0.25, 0.3) is 5.56 Å². The molecule has 3 heterocycles. The van der Waals surface area contributed by atoms with Gasteiger partial charge in [-0.25, -0.2) is 9.79 Å². The minimum Gasteiger partial charge on any atom is -0.494 e. The summed E-state index contributed by atoms with van der Waals surface area (Å²) in [4.78, 5) is 32.9. The molecule has 0 unspecified atom stereocenters. The first-order valence-corrected chi connectivity index (χ1v) is 15.7. The number of allylic oxidation sites excluding steroid dienone is 1. The largest absolute Gasteiger partial charge is 0.494 e. The van der Waals surface area contributed by atoms with Crippen LogP contribution in [-0.2, 0) is 16.1 Å². The molecule has 5 aromatic rings. The van der Waals surface area contributed by atoms with E-state index < -0.39 is 12.0 Å². The van der Waals surface area contributed by atoms with Gasteiger partial charge in [0.1, 0.15) is 5.75 Å². The predicted molar refractivity (Wildman–Crippen MR) is 175 cm³/mol. The van der Waals surface area contributed by atoms with Crippen molar-refractivity contribution >= 4 is 45.9 Å². The molecule has 7 nitrogen and oxygen atoms in total. The van der Waals surface area contributed by atoms with Crippen molar-refractivity contribution in [1.82, 2.24) is 9.13 Å². The first kappa shape index (κ1) is 29.7. The fraction of sp³-hybridized carbons (Fsp3) is 0.229. The lowest BCUT2D eigenvalue weighted by atomic mass is 9.96. The minimum atomic E-state index is -0.693. The van der Waals surface area contributed by atoms with E-state index in [1.165, 1.54) is 11.3 Å². The number of carbonyl (C=O) groups is 1. The zero-order chi connectivity index (χ0) is 31.0. The molecule has 9 heteroatoms. The monoisotopic (exact) mass is 625 g/mol. The third kappa shape index (κ3) is 5.75. The van der Waals surface area contributed by atoms with Crippen LogP contribution >= 0.6 is 22.9 Å². The second-order valence-corrected chi connectivity index (χ2v) is 12.3. The van der Waals surface area contributed by atoms with Gasteiger partial charge < -0.3 is 14.0 Å². The van der Waals surface area contributed by atoms with Gasteiger partial charge in [0, 0.05) is 34.2 Å². The van der Waals surface area contributed by atoms with Crippen molar-refractivity contribution in [3.63, 3.8) is 0 Å². The number of ether oxygens (including phenoxy) is 2.